The minimum Gasteiger partial charge on any atom is -0.493 e. The summed E-state index contributed by atoms with van der Waals surface area (Å²) in [5, 5.41) is 29.6. The molecule has 0 aliphatic carbocycles. The van der Waals surface area contributed by atoms with Crippen LogP contribution in [0, 0.1) is 81.4 Å². The van der Waals surface area contributed by atoms with Crippen molar-refractivity contribution < 1.29 is 55.8 Å². The number of H-pyrrole nitrogens is 2. The summed E-state index contributed by atoms with van der Waals surface area (Å²) in [7, 11) is 2.45. The topological polar surface area (TPSA) is 248 Å². The molecule has 16 nitrogen and oxygen atoms in total. The zero-order valence-electron chi connectivity index (χ0n) is 38.7. The van der Waals surface area contributed by atoms with E-state index >= 15 is 4.39 Å². The number of benzene rings is 2. The summed E-state index contributed by atoms with van der Waals surface area (Å²) in [4.78, 5) is 80.9. The van der Waals surface area contributed by atoms with Crippen LogP contribution in [0.5, 0.6) is 11.5 Å². The lowest BCUT2D eigenvalue weighted by atomic mass is 9.90. The highest BCUT2D eigenvalue weighted by Crippen LogP contribution is 2.35. The highest BCUT2D eigenvalue weighted by Gasteiger charge is 2.34. The SMILES string of the molecule is C.C.COc1c(F)cc(F)c2[nH]c(C(=O)C[C@@H](CC(C)C)C(=O)N[C@H](C#N)C[C@@H]3CCNC3=O)cc12.COc1c(F)ccc2[nH]c(C(=O)C[C@@H](CC(C)C)C(=O)N[C@H](C#N)C[C@@H]3CCNC3=O)c(F)c12. The fourth-order valence-electron chi connectivity index (χ4n) is 8.68. The monoisotopic (exact) mass is 980 g/mol. The number of hydrogen-bond acceptors (Lipinski definition) is 10. The second-order valence-electron chi connectivity index (χ2n) is 18.0. The average Bonchev–Trinajstić information content (AvgIpc) is 4.09. The van der Waals surface area contributed by atoms with Crippen molar-refractivity contribution >= 4 is 57.0 Å². The third-order valence-corrected chi connectivity index (χ3v) is 12.0. The first-order valence-corrected chi connectivity index (χ1v) is 22.4. The van der Waals surface area contributed by atoms with Crippen molar-refractivity contribution in [2.75, 3.05) is 27.3 Å². The van der Waals surface area contributed by atoms with Gasteiger partial charge in [-0.25, -0.2) is 17.6 Å². The molecule has 0 radical (unpaired) electrons. The Morgan fingerprint density at radius 2 is 1.21 bits per heavy atom. The molecule has 4 aromatic rings. The maximum absolute atomic E-state index is 15.1. The smallest absolute Gasteiger partial charge is 0.224 e. The molecule has 4 heterocycles. The summed E-state index contributed by atoms with van der Waals surface area (Å²) in [6.07, 6.45) is 1.78. The van der Waals surface area contributed by atoms with Gasteiger partial charge in [0.1, 0.15) is 23.6 Å². The molecule has 0 saturated carbocycles. The number of fused-ring (bicyclic) bond motifs is 2. The quantitative estimate of drug-likeness (QED) is 0.0372. The van der Waals surface area contributed by atoms with Crippen LogP contribution in [0.15, 0.2) is 24.3 Å². The van der Waals surface area contributed by atoms with Gasteiger partial charge in [0.15, 0.2) is 40.5 Å². The molecule has 0 unspecified atom stereocenters. The van der Waals surface area contributed by atoms with E-state index in [-0.39, 0.29) is 121 Å². The Bertz CT molecular complexity index is 2630. The van der Waals surface area contributed by atoms with Crippen molar-refractivity contribution in [2.24, 2.45) is 35.5 Å². The number of nitrogens with zero attached hydrogens (tertiary/aromatic N) is 2. The molecular weight excluding hydrogens is 917 g/mol. The van der Waals surface area contributed by atoms with E-state index in [0.29, 0.717) is 44.8 Å². The predicted molar refractivity (Wildman–Crippen MR) is 253 cm³/mol. The van der Waals surface area contributed by atoms with Crippen LogP contribution in [0.2, 0.25) is 0 Å². The predicted octanol–water partition coefficient (Wildman–Crippen LogP) is 7.72. The summed E-state index contributed by atoms with van der Waals surface area (Å²) in [5.74, 6) is -8.43. The zero-order valence-corrected chi connectivity index (χ0v) is 38.7. The highest BCUT2D eigenvalue weighted by atomic mass is 19.1. The molecule has 6 N–H and O–H groups in total. The lowest BCUT2D eigenvalue weighted by Crippen LogP contribution is -2.41. The fourth-order valence-corrected chi connectivity index (χ4v) is 8.68. The van der Waals surface area contributed by atoms with Gasteiger partial charge in [0.05, 0.1) is 48.5 Å². The Labute approximate surface area is 405 Å². The third kappa shape index (κ3) is 13.9. The lowest BCUT2D eigenvalue weighted by molar-refractivity contribution is -0.127. The van der Waals surface area contributed by atoms with Gasteiger partial charge in [-0.1, -0.05) is 42.5 Å². The minimum atomic E-state index is -0.942. The second-order valence-corrected chi connectivity index (χ2v) is 18.0. The van der Waals surface area contributed by atoms with Crippen molar-refractivity contribution in [1.29, 1.82) is 10.5 Å². The Balaban J connectivity index is 0.000000360. The summed E-state index contributed by atoms with van der Waals surface area (Å²) < 4.78 is 67.2. The molecule has 70 heavy (non-hydrogen) atoms. The number of amides is 4. The number of carbonyl (C=O) groups excluding carboxylic acids is 6. The summed E-state index contributed by atoms with van der Waals surface area (Å²) >= 11 is 0. The number of carbonyl (C=O) groups is 6. The van der Waals surface area contributed by atoms with Crippen LogP contribution in [0.25, 0.3) is 21.8 Å². The van der Waals surface area contributed by atoms with Crippen molar-refractivity contribution in [1.82, 2.24) is 31.2 Å². The lowest BCUT2D eigenvalue weighted by Gasteiger charge is -2.21. The van der Waals surface area contributed by atoms with Crippen LogP contribution >= 0.6 is 0 Å². The number of ether oxygens (including phenoxy) is 2. The van der Waals surface area contributed by atoms with E-state index in [1.807, 2.05) is 39.8 Å². The summed E-state index contributed by atoms with van der Waals surface area (Å²) in [6, 6.07) is 6.68. The van der Waals surface area contributed by atoms with Crippen molar-refractivity contribution in [2.45, 2.75) is 106 Å². The van der Waals surface area contributed by atoms with Crippen LogP contribution in [-0.2, 0) is 19.2 Å². The number of nitrogens with one attached hydrogen (secondary N) is 6. The van der Waals surface area contributed by atoms with Crippen LogP contribution in [0.3, 0.4) is 0 Å². The van der Waals surface area contributed by atoms with Crippen LogP contribution < -0.4 is 30.7 Å². The van der Waals surface area contributed by atoms with Crippen molar-refractivity contribution in [3.63, 3.8) is 0 Å². The van der Waals surface area contributed by atoms with Crippen LogP contribution in [0.4, 0.5) is 17.6 Å². The van der Waals surface area contributed by atoms with E-state index in [2.05, 4.69) is 31.2 Å². The maximum Gasteiger partial charge on any atom is 0.224 e. The molecule has 0 spiro atoms. The highest BCUT2D eigenvalue weighted by molar-refractivity contribution is 6.04. The Hall–Kier alpha value is -6.96. The van der Waals surface area contributed by atoms with Gasteiger partial charge in [-0.05, 0) is 68.6 Å². The number of hydrogen-bond donors (Lipinski definition) is 6. The molecule has 6 rings (SSSR count). The van der Waals surface area contributed by atoms with Crippen molar-refractivity contribution in [3.05, 3.63) is 58.9 Å². The standard InChI is InChI=1S/2C24H28F2N4O4.2CH4/c1-12(2)6-14(24(33)29-15(11-27)7-13-4-5-28-23(13)32)8-20(31)19-9-16-21(30-19)17(25)10-18(26)22(16)34-3;1-12(2)8-14(24(33)29-15(11-27)9-13-6-7-28-23(13)32)10-18(31)21-20(26)19-17(30-21)5-4-16(25)22(19)34-3;;/h9-10,12-15,30H,4-8H2,1-3H3,(H,28,32)(H,29,33);4-5,12-15,30H,6-10H2,1-3H3,(H,28,32)(H,29,33);2*1H4/t2*13-,14+,15-;;/m00../s1. The molecule has 2 aromatic carbocycles. The van der Waals surface area contributed by atoms with Crippen LogP contribution in [-0.4, -0.2) is 84.6 Å². The first-order valence-electron chi connectivity index (χ1n) is 22.4. The van der Waals surface area contributed by atoms with Gasteiger partial charge in [0, 0.05) is 61.1 Å². The number of aromatic amines is 2. The number of halogens is 4. The number of Topliss-reactive ketones (excluding diaryl/α,β-unsaturated/α-hetero) is 2. The molecule has 2 aliphatic heterocycles. The average molecular weight is 981 g/mol. The molecule has 4 amide bonds. The second kappa shape index (κ2) is 25.6. The number of ketones is 2. The molecule has 2 aliphatic rings. The summed E-state index contributed by atoms with van der Waals surface area (Å²) in [6.45, 7) is 8.65. The minimum absolute atomic E-state index is 0. The van der Waals surface area contributed by atoms with Crippen molar-refractivity contribution in [3.8, 4) is 23.6 Å². The molecule has 2 fully saturated rings. The first-order chi connectivity index (χ1) is 32.3. The van der Waals surface area contributed by atoms with E-state index in [1.54, 1.807) is 0 Å². The molecular formula is C50H64F4N8O8. The van der Waals surface area contributed by atoms with Gasteiger partial charge in [-0.2, -0.15) is 10.5 Å². The number of methoxy groups -OCH3 is 2. The molecule has 20 heteroatoms. The number of nitriles is 2. The van der Waals surface area contributed by atoms with Gasteiger partial charge in [-0.15, -0.1) is 0 Å². The van der Waals surface area contributed by atoms with E-state index in [9.17, 15) is 52.5 Å². The van der Waals surface area contributed by atoms with E-state index in [4.69, 9.17) is 9.47 Å². The largest absolute Gasteiger partial charge is 0.493 e. The van der Waals surface area contributed by atoms with Gasteiger partial charge in [0.25, 0.3) is 0 Å². The van der Waals surface area contributed by atoms with E-state index in [1.165, 1.54) is 26.4 Å². The Kier molecular flexibility index (Phi) is 21.0. The van der Waals surface area contributed by atoms with Gasteiger partial charge < -0.3 is 40.7 Å². The van der Waals surface area contributed by atoms with E-state index in [0.717, 1.165) is 6.07 Å². The third-order valence-electron chi connectivity index (χ3n) is 12.0. The van der Waals surface area contributed by atoms with E-state index < -0.39 is 70.6 Å². The molecule has 2 aromatic heterocycles. The zero-order chi connectivity index (χ0) is 50.0. The fraction of sp³-hybridized carbons (Fsp3) is 0.520. The van der Waals surface area contributed by atoms with Gasteiger partial charge in [0.2, 0.25) is 23.6 Å². The first kappa shape index (κ1) is 57.4. The molecule has 2 saturated heterocycles. The normalized spacial score (nSPS) is 16.8. The number of rotatable bonds is 20. The Morgan fingerprint density at radius 1 is 0.714 bits per heavy atom. The van der Waals surface area contributed by atoms with Gasteiger partial charge >= 0.3 is 0 Å². The molecule has 6 atom stereocenters. The number of aromatic nitrogens is 2. The summed E-state index contributed by atoms with van der Waals surface area (Å²) in [5.41, 5.74) is -0.201. The van der Waals surface area contributed by atoms with Gasteiger partial charge in [-0.3, -0.25) is 28.8 Å². The molecule has 0 bridgehead atoms. The molecule has 380 valence electrons. The Morgan fingerprint density at radius 3 is 1.66 bits per heavy atom. The van der Waals surface area contributed by atoms with Crippen LogP contribution in [0.1, 0.15) is 115 Å². The maximum atomic E-state index is 15.1.